The van der Waals surface area contributed by atoms with Gasteiger partial charge in [-0.15, -0.1) is 0 Å². The van der Waals surface area contributed by atoms with Gasteiger partial charge in [-0.1, -0.05) is 0 Å². The number of nitrogens with zero attached hydrogens (tertiary/aromatic N) is 7. The molecule has 45 heavy (non-hydrogen) atoms. The molecule has 3 aliphatic rings. The van der Waals surface area contributed by atoms with Crippen LogP contribution in [0, 0.1) is 0 Å². The number of nitrogens with one attached hydrogen (secondary N) is 1. The quantitative estimate of drug-likeness (QED) is 0.0841. The van der Waals surface area contributed by atoms with Gasteiger partial charge in [0, 0.05) is 0 Å². The van der Waals surface area contributed by atoms with Gasteiger partial charge in [-0.25, -0.2) is 0 Å². The summed E-state index contributed by atoms with van der Waals surface area (Å²) in [6.07, 6.45) is -1.85. The Morgan fingerprint density at radius 3 is 2.20 bits per heavy atom. The van der Waals surface area contributed by atoms with Crippen LogP contribution in [0.15, 0.2) is 23.8 Å². The van der Waals surface area contributed by atoms with Crippen LogP contribution in [0.4, 0.5) is 11.8 Å². The first kappa shape index (κ1) is 31.3. The first-order valence-corrected chi connectivity index (χ1v) is 19.9. The van der Waals surface area contributed by atoms with Crippen molar-refractivity contribution in [2.75, 3.05) is 24.7 Å². The van der Waals surface area contributed by atoms with Gasteiger partial charge in [-0.05, 0) is 0 Å². The maximum absolute atomic E-state index is 13.3. The van der Waals surface area contributed by atoms with E-state index in [1.165, 1.54) is 28.1 Å². The number of aliphatic hydroxyl groups is 2. The normalized spacial score (nSPS) is 37.7. The van der Waals surface area contributed by atoms with Crippen LogP contribution in [-0.2, 0) is 27.2 Å². The Kier molecular flexibility index (Phi) is 7.95. The first-order valence-electron chi connectivity index (χ1n) is 13.0. The first-order chi connectivity index (χ1) is 21.3. The van der Waals surface area contributed by atoms with Gasteiger partial charge < -0.3 is 0 Å². The van der Waals surface area contributed by atoms with E-state index in [1.54, 1.807) is 0 Å². The third kappa shape index (κ3) is 5.66. The zero-order valence-corrected chi connectivity index (χ0v) is 27.6. The number of imidazole rings is 2. The van der Waals surface area contributed by atoms with Crippen LogP contribution in [0.1, 0.15) is 9.88 Å². The van der Waals surface area contributed by atoms with Crippen LogP contribution in [0.2, 0.25) is 9.63 Å². The summed E-state index contributed by atoms with van der Waals surface area (Å²) in [5.74, 6) is -0.0959. The number of hydrogen-bond acceptors (Lipinski definition) is 16. The van der Waals surface area contributed by atoms with Gasteiger partial charge in [0.05, 0.1) is 0 Å². The molecule has 0 radical (unpaired) electrons. The predicted octanol–water partition coefficient (Wildman–Crippen LogP) is -2.13. The van der Waals surface area contributed by atoms with Crippen LogP contribution in [0.25, 0.3) is 22.3 Å². The number of aromatic amines is 1. The van der Waals surface area contributed by atoms with Crippen molar-refractivity contribution in [2.45, 2.75) is 43.9 Å². The van der Waals surface area contributed by atoms with Crippen molar-refractivity contribution in [1.82, 2.24) is 39.0 Å². The number of H-pyrrole nitrogens is 1. The predicted molar refractivity (Wildman–Crippen MR) is 153 cm³/mol. The molecule has 0 spiro atoms. The number of phosphoric ester groups is 2. The topological polar surface area (TPSA) is 311 Å². The molecule has 7 rings (SSSR count). The molecular weight excluding hydrogens is 776 g/mol. The number of aliphatic hydroxyl groups excluding tert-OH is 2. The molecule has 25 heteroatoms. The zero-order valence-electron chi connectivity index (χ0n) is 22.4. The van der Waals surface area contributed by atoms with Gasteiger partial charge in [0.2, 0.25) is 0 Å². The van der Waals surface area contributed by atoms with Crippen molar-refractivity contribution in [3.05, 3.63) is 29.3 Å². The second kappa shape index (κ2) is 11.4. The van der Waals surface area contributed by atoms with Crippen LogP contribution in [-0.4, -0.2) is 127 Å². The molecule has 7 heterocycles. The summed E-state index contributed by atoms with van der Waals surface area (Å²) in [5.41, 5.74) is 11.5. The van der Waals surface area contributed by atoms with Crippen LogP contribution in [0.5, 0.6) is 0 Å². The molecule has 2 bridgehead atoms. The fourth-order valence-electron chi connectivity index (χ4n) is 5.30. The molecule has 3 fully saturated rings. The number of fused-ring (bicyclic) bond motifs is 5. The summed E-state index contributed by atoms with van der Waals surface area (Å²) < 4.78 is 51.0. The number of anilines is 2. The SMILES string of the molecule is Nc1nc2c(ncn2[C@@H]2[Se][C@@H]3COP(=O)(O)O[C@@H]4C(O)[C@H](n5cnc6c(N)ncnc65)[Se][C@@H]4COP(=O)(O)O[C@H]2C3O)c(=O)[nH]1. The minimum atomic E-state index is -4.93. The number of nitrogens with two attached hydrogens (primary N) is 2. The molecule has 0 saturated carbocycles. The molecule has 3 aliphatic heterocycles. The van der Waals surface area contributed by atoms with Crippen LogP contribution < -0.4 is 17.0 Å². The molecule has 0 aliphatic carbocycles. The molecule has 21 nitrogen and oxygen atoms in total. The molecular formula is C20H24N10O11P2Se2. The Balaban J connectivity index is 1.21. The van der Waals surface area contributed by atoms with Gasteiger partial charge in [0.15, 0.2) is 0 Å². The van der Waals surface area contributed by atoms with E-state index in [0.29, 0.717) is 5.65 Å². The van der Waals surface area contributed by atoms with E-state index in [2.05, 4.69) is 29.9 Å². The van der Waals surface area contributed by atoms with Crippen molar-refractivity contribution in [3.8, 4) is 0 Å². The van der Waals surface area contributed by atoms with E-state index >= 15 is 0 Å². The van der Waals surface area contributed by atoms with Crippen LogP contribution >= 0.6 is 15.6 Å². The molecule has 242 valence electrons. The summed E-state index contributed by atoms with van der Waals surface area (Å²) in [6, 6.07) is 0. The average molecular weight is 800 g/mol. The Morgan fingerprint density at radius 1 is 0.844 bits per heavy atom. The number of rotatable bonds is 2. The summed E-state index contributed by atoms with van der Waals surface area (Å²) in [7, 11) is -9.82. The minimum absolute atomic E-state index is 0.0343. The molecule has 9 N–H and O–H groups in total. The van der Waals surface area contributed by atoms with Gasteiger partial charge in [0.25, 0.3) is 0 Å². The Morgan fingerprint density at radius 2 is 1.47 bits per heavy atom. The Hall–Kier alpha value is -2.32. The standard InChI is InChI=1S/C20H24N10O11P2Se2/c21-14-8-15(24-3-23-14)29(4-25-8)18-11(32)12-7(45-18)2-39-43(36,37)41-13-10(31)6(1-38-42(34,35)40-12)44-19(13)30-5-26-9-16(30)27-20(22)28-17(9)33/h3-7,10-13,18-19,31-32H,1-2H2,(H,34,35)(H,36,37)(H2,21,23,24)(H3,22,27,28,33)/t6-,7-,10?,11?,12+,13+,18-,19-/m1/s1. The third-order valence-electron chi connectivity index (χ3n) is 7.32. The average Bonchev–Trinajstić information content (AvgIpc) is 3.72. The van der Waals surface area contributed by atoms with Crippen molar-refractivity contribution >= 4 is 79.7 Å². The summed E-state index contributed by atoms with van der Waals surface area (Å²) in [6.45, 7) is -1.06. The zero-order chi connectivity index (χ0) is 31.8. The fraction of sp³-hybridized carbons (Fsp3) is 0.500. The molecule has 4 aromatic rings. The van der Waals surface area contributed by atoms with E-state index in [1.807, 2.05) is 0 Å². The van der Waals surface area contributed by atoms with E-state index in [4.69, 9.17) is 29.6 Å². The van der Waals surface area contributed by atoms with Crippen LogP contribution in [0.3, 0.4) is 0 Å². The molecule has 4 unspecified atom stereocenters. The van der Waals surface area contributed by atoms with Gasteiger partial charge in [0.1, 0.15) is 0 Å². The summed E-state index contributed by atoms with van der Waals surface area (Å²) in [5, 5.41) is 22.5. The number of phosphoric acid groups is 2. The molecule has 3 saturated heterocycles. The fourth-order valence-corrected chi connectivity index (χ4v) is 14.3. The number of nitrogen functional groups attached to an aromatic ring is 2. The van der Waals surface area contributed by atoms with E-state index in [-0.39, 0.29) is 28.4 Å². The number of hydrogen-bond donors (Lipinski definition) is 7. The third-order valence-corrected chi connectivity index (χ3v) is 15.7. The summed E-state index contributed by atoms with van der Waals surface area (Å²) >= 11 is -1.48. The van der Waals surface area contributed by atoms with Crippen molar-refractivity contribution in [2.24, 2.45) is 0 Å². The second-order valence-electron chi connectivity index (χ2n) is 10.1. The van der Waals surface area contributed by atoms with Crippen molar-refractivity contribution in [1.29, 1.82) is 0 Å². The summed E-state index contributed by atoms with van der Waals surface area (Å²) in [4.78, 5) is 53.2. The molecule has 10 atom stereocenters. The van der Waals surface area contributed by atoms with Gasteiger partial charge >= 0.3 is 264 Å². The Labute approximate surface area is 263 Å². The second-order valence-corrected chi connectivity index (χ2v) is 18.7. The Bertz CT molecular complexity index is 1940. The van der Waals surface area contributed by atoms with E-state index < -0.39 is 108 Å². The maximum atomic E-state index is 13.3. The van der Waals surface area contributed by atoms with E-state index in [9.17, 15) is 33.9 Å². The van der Waals surface area contributed by atoms with Crippen molar-refractivity contribution in [3.63, 3.8) is 0 Å². The molecule has 0 amide bonds. The molecule has 4 aromatic heterocycles. The van der Waals surface area contributed by atoms with Crippen molar-refractivity contribution < 1.29 is 47.2 Å². The van der Waals surface area contributed by atoms with E-state index in [0.717, 1.165) is 0 Å². The monoisotopic (exact) mass is 802 g/mol. The molecule has 0 aromatic carbocycles. The van der Waals surface area contributed by atoms with Gasteiger partial charge in [-0.3, -0.25) is 0 Å². The van der Waals surface area contributed by atoms with Gasteiger partial charge in [-0.2, -0.15) is 0 Å². The number of aromatic nitrogens is 8.